The highest BCUT2D eigenvalue weighted by Gasteiger charge is 2.08. The summed E-state index contributed by atoms with van der Waals surface area (Å²) in [6.07, 6.45) is 0.594. The van der Waals surface area contributed by atoms with E-state index in [2.05, 4.69) is 5.32 Å². The number of hydrogen-bond donors (Lipinski definition) is 2. The van der Waals surface area contributed by atoms with Crippen molar-refractivity contribution in [3.63, 3.8) is 0 Å². The van der Waals surface area contributed by atoms with E-state index in [4.69, 9.17) is 28.9 Å². The Hall–Kier alpha value is -0.480. The van der Waals surface area contributed by atoms with Crippen molar-refractivity contribution in [2.24, 2.45) is 5.73 Å². The molecule has 0 aromatic heterocycles. The number of halogens is 3. The number of benzene rings is 1. The van der Waals surface area contributed by atoms with Crippen molar-refractivity contribution in [2.45, 2.75) is 19.4 Å². The van der Waals surface area contributed by atoms with Crippen LogP contribution in [0.4, 0.5) is 0 Å². The Kier molecular flexibility index (Phi) is 7.55. The van der Waals surface area contributed by atoms with Gasteiger partial charge < -0.3 is 11.1 Å². The van der Waals surface area contributed by atoms with Crippen molar-refractivity contribution in [3.05, 3.63) is 33.8 Å². The first-order valence-electron chi connectivity index (χ1n) is 4.98. The topological polar surface area (TPSA) is 55.1 Å². The third-order valence-electron chi connectivity index (χ3n) is 2.15. The summed E-state index contributed by atoms with van der Waals surface area (Å²) in [5.74, 6) is -0.178. The predicted molar refractivity (Wildman–Crippen MR) is 74.1 cm³/mol. The van der Waals surface area contributed by atoms with Gasteiger partial charge in [0.2, 0.25) is 5.91 Å². The molecule has 0 unspecified atom stereocenters. The molecular weight excluding hydrogens is 282 g/mol. The lowest BCUT2D eigenvalue weighted by molar-refractivity contribution is -0.121. The summed E-state index contributed by atoms with van der Waals surface area (Å²) >= 11 is 12.0. The second-order valence-corrected chi connectivity index (χ2v) is 4.34. The summed E-state index contributed by atoms with van der Waals surface area (Å²) in [6.45, 7) is 2.11. The van der Waals surface area contributed by atoms with Gasteiger partial charge in [-0.15, -0.1) is 12.4 Å². The molecule has 1 atom stereocenters. The molecule has 0 saturated heterocycles. The number of rotatable bonds is 4. The minimum atomic E-state index is -0.498. The summed E-state index contributed by atoms with van der Waals surface area (Å²) in [4.78, 5) is 11.2. The van der Waals surface area contributed by atoms with Crippen LogP contribution in [-0.4, -0.2) is 18.5 Å². The van der Waals surface area contributed by atoms with Gasteiger partial charge in [-0.3, -0.25) is 4.79 Å². The average molecular weight is 298 g/mol. The van der Waals surface area contributed by atoms with Crippen molar-refractivity contribution in [2.75, 3.05) is 6.54 Å². The number of carbonyl (C=O) groups is 1. The molecule has 1 amide bonds. The second-order valence-electron chi connectivity index (χ2n) is 3.53. The first kappa shape index (κ1) is 16.5. The summed E-state index contributed by atoms with van der Waals surface area (Å²) in [6, 6.07) is 4.84. The second kappa shape index (κ2) is 7.77. The van der Waals surface area contributed by atoms with Crippen LogP contribution < -0.4 is 11.1 Å². The molecule has 3 N–H and O–H groups in total. The Morgan fingerprint density at radius 1 is 1.41 bits per heavy atom. The lowest BCUT2D eigenvalue weighted by atomic mass is 10.1. The van der Waals surface area contributed by atoms with E-state index in [1.807, 2.05) is 0 Å². The maximum Gasteiger partial charge on any atom is 0.236 e. The zero-order valence-corrected chi connectivity index (χ0v) is 11.7. The molecule has 3 nitrogen and oxygen atoms in total. The third kappa shape index (κ3) is 5.13. The molecule has 0 aliphatic heterocycles. The van der Waals surface area contributed by atoms with Gasteiger partial charge >= 0.3 is 0 Å². The fraction of sp³-hybridized carbons (Fsp3) is 0.364. The molecule has 0 fully saturated rings. The van der Waals surface area contributed by atoms with Gasteiger partial charge in [0.15, 0.2) is 0 Å². The highest BCUT2D eigenvalue weighted by molar-refractivity contribution is 6.35. The molecule has 96 valence electrons. The number of nitrogens with two attached hydrogens (primary N) is 1. The largest absolute Gasteiger partial charge is 0.354 e. The molecule has 1 rings (SSSR count). The lowest BCUT2D eigenvalue weighted by Gasteiger charge is -2.09. The van der Waals surface area contributed by atoms with E-state index in [1.54, 1.807) is 25.1 Å². The molecule has 0 saturated carbocycles. The maximum atomic E-state index is 11.2. The van der Waals surface area contributed by atoms with E-state index in [0.717, 1.165) is 5.56 Å². The Bertz CT molecular complexity index is 363. The van der Waals surface area contributed by atoms with Crippen LogP contribution in [0.15, 0.2) is 18.2 Å². The molecular formula is C11H15Cl3N2O. The van der Waals surface area contributed by atoms with E-state index < -0.39 is 6.04 Å². The van der Waals surface area contributed by atoms with Gasteiger partial charge in [-0.25, -0.2) is 0 Å². The molecule has 0 spiro atoms. The number of amides is 1. The molecule has 1 aromatic rings. The highest BCUT2D eigenvalue weighted by atomic mass is 35.5. The van der Waals surface area contributed by atoms with Gasteiger partial charge in [0.1, 0.15) is 0 Å². The zero-order chi connectivity index (χ0) is 12.1. The van der Waals surface area contributed by atoms with Crippen LogP contribution in [0.3, 0.4) is 0 Å². The molecule has 0 radical (unpaired) electrons. The smallest absolute Gasteiger partial charge is 0.236 e. The molecule has 0 aliphatic carbocycles. The Morgan fingerprint density at radius 3 is 2.41 bits per heavy atom. The lowest BCUT2D eigenvalue weighted by Crippen LogP contribution is -2.39. The minimum Gasteiger partial charge on any atom is -0.354 e. The summed E-state index contributed by atoms with van der Waals surface area (Å²) < 4.78 is 0. The number of carbonyl (C=O) groups excluding carboxylic acids is 1. The Morgan fingerprint density at radius 2 is 1.94 bits per heavy atom. The quantitative estimate of drug-likeness (QED) is 0.897. The monoisotopic (exact) mass is 296 g/mol. The van der Waals surface area contributed by atoms with E-state index in [1.165, 1.54) is 0 Å². The van der Waals surface area contributed by atoms with Gasteiger partial charge in [0.25, 0.3) is 0 Å². The van der Waals surface area contributed by atoms with E-state index in [-0.39, 0.29) is 18.3 Å². The maximum absolute atomic E-state index is 11.2. The van der Waals surface area contributed by atoms with Crippen LogP contribution in [0.1, 0.15) is 12.5 Å². The molecule has 0 aliphatic rings. The molecule has 1 aromatic carbocycles. The van der Waals surface area contributed by atoms with Gasteiger partial charge in [-0.2, -0.15) is 0 Å². The van der Waals surface area contributed by atoms with Crippen molar-refractivity contribution >= 4 is 41.5 Å². The van der Waals surface area contributed by atoms with Crippen molar-refractivity contribution in [1.29, 1.82) is 0 Å². The molecule has 6 heteroatoms. The summed E-state index contributed by atoms with van der Waals surface area (Å²) in [5, 5.41) is 3.93. The van der Waals surface area contributed by atoms with E-state index >= 15 is 0 Å². The van der Waals surface area contributed by atoms with Crippen LogP contribution in [0.2, 0.25) is 10.0 Å². The first-order chi connectivity index (χ1) is 7.52. The fourth-order valence-electron chi connectivity index (χ4n) is 1.24. The number of nitrogens with one attached hydrogen (secondary N) is 1. The highest BCUT2D eigenvalue weighted by Crippen LogP contribution is 2.24. The van der Waals surface area contributed by atoms with Gasteiger partial charge in [0, 0.05) is 16.6 Å². The Labute approximate surface area is 117 Å². The van der Waals surface area contributed by atoms with Crippen LogP contribution >= 0.6 is 35.6 Å². The average Bonchev–Trinajstić information content (AvgIpc) is 2.22. The Balaban J connectivity index is 0.00000256. The molecule has 0 bridgehead atoms. The van der Waals surface area contributed by atoms with E-state index in [0.29, 0.717) is 23.0 Å². The van der Waals surface area contributed by atoms with Gasteiger partial charge in [-0.05, 0) is 31.0 Å². The van der Waals surface area contributed by atoms with Crippen LogP contribution in [0, 0.1) is 0 Å². The van der Waals surface area contributed by atoms with Gasteiger partial charge in [0.05, 0.1) is 6.04 Å². The predicted octanol–water partition coefficient (Wildman–Crippen LogP) is 2.42. The van der Waals surface area contributed by atoms with Gasteiger partial charge in [-0.1, -0.05) is 29.3 Å². The molecule has 0 heterocycles. The summed E-state index contributed by atoms with van der Waals surface area (Å²) in [7, 11) is 0. The van der Waals surface area contributed by atoms with E-state index in [9.17, 15) is 4.79 Å². The van der Waals surface area contributed by atoms with Crippen LogP contribution in [0.25, 0.3) is 0 Å². The first-order valence-corrected chi connectivity index (χ1v) is 5.74. The van der Waals surface area contributed by atoms with Crippen molar-refractivity contribution < 1.29 is 4.79 Å². The number of hydrogen-bond acceptors (Lipinski definition) is 2. The van der Waals surface area contributed by atoms with Crippen molar-refractivity contribution in [3.8, 4) is 0 Å². The van der Waals surface area contributed by atoms with Crippen LogP contribution in [0.5, 0.6) is 0 Å². The SMILES string of the molecule is C[C@@H](N)C(=O)NCCc1c(Cl)cccc1Cl.Cl. The zero-order valence-electron chi connectivity index (χ0n) is 9.37. The third-order valence-corrected chi connectivity index (χ3v) is 2.86. The standard InChI is InChI=1S/C11H14Cl2N2O.ClH/c1-7(14)11(16)15-6-5-8-9(12)3-2-4-10(8)13;/h2-4,7H,5-6,14H2,1H3,(H,15,16);1H/t7-;/m1./s1. The normalized spacial score (nSPS) is 11.5. The minimum absolute atomic E-state index is 0. The van der Waals surface area contributed by atoms with Crippen molar-refractivity contribution in [1.82, 2.24) is 5.32 Å². The fourth-order valence-corrected chi connectivity index (χ4v) is 1.83. The molecule has 17 heavy (non-hydrogen) atoms. The summed E-state index contributed by atoms with van der Waals surface area (Å²) in [5.41, 5.74) is 6.25. The van der Waals surface area contributed by atoms with Crippen LogP contribution in [-0.2, 0) is 11.2 Å².